The third-order valence-electron chi connectivity index (χ3n) is 4.37. The van der Waals surface area contributed by atoms with Crippen LogP contribution in [0.15, 0.2) is 83.8 Å². The molecular weight excluding hydrogens is 416 g/mol. The molecule has 3 aromatic carbocycles. The van der Waals surface area contributed by atoms with Crippen molar-refractivity contribution in [2.75, 3.05) is 18.4 Å². The first-order chi connectivity index (χ1) is 14.9. The van der Waals surface area contributed by atoms with Crippen LogP contribution < -0.4 is 19.5 Å². The van der Waals surface area contributed by atoms with Gasteiger partial charge in [-0.05, 0) is 61.5 Å². The molecule has 0 aliphatic carbocycles. The molecule has 0 aromatic heterocycles. The number of hydrogen-bond acceptors (Lipinski definition) is 5. The first kappa shape index (κ1) is 22.2. The van der Waals surface area contributed by atoms with E-state index in [0.29, 0.717) is 11.4 Å². The van der Waals surface area contributed by atoms with Gasteiger partial charge in [0.1, 0.15) is 18.1 Å². The summed E-state index contributed by atoms with van der Waals surface area (Å²) in [4.78, 5) is 12.6. The molecule has 3 aromatic rings. The molecule has 3 rings (SSSR count). The van der Waals surface area contributed by atoms with E-state index in [1.165, 1.54) is 18.2 Å². The minimum absolute atomic E-state index is 0.00568. The minimum Gasteiger partial charge on any atom is -0.497 e. The van der Waals surface area contributed by atoms with Crippen molar-refractivity contribution in [1.29, 1.82) is 0 Å². The maximum atomic E-state index is 12.6. The van der Waals surface area contributed by atoms with Crippen LogP contribution in [-0.2, 0) is 10.0 Å². The number of anilines is 1. The number of nitrogens with one attached hydrogen (secondary N) is 2. The van der Waals surface area contributed by atoms with Crippen molar-refractivity contribution in [3.63, 3.8) is 0 Å². The summed E-state index contributed by atoms with van der Waals surface area (Å²) in [6, 6.07) is 21.3. The van der Waals surface area contributed by atoms with E-state index in [4.69, 9.17) is 9.47 Å². The molecule has 0 bridgehead atoms. The van der Waals surface area contributed by atoms with Gasteiger partial charge in [0.05, 0.1) is 18.0 Å². The van der Waals surface area contributed by atoms with Gasteiger partial charge in [0, 0.05) is 11.3 Å². The number of rotatable bonds is 9. The summed E-state index contributed by atoms with van der Waals surface area (Å²) in [6.45, 7) is 2.06. The monoisotopic (exact) mass is 440 g/mol. The Morgan fingerprint density at radius 3 is 2.29 bits per heavy atom. The third kappa shape index (κ3) is 6.23. The average molecular weight is 441 g/mol. The molecule has 2 N–H and O–H groups in total. The fraction of sp³-hybridized carbons (Fsp3) is 0.174. The zero-order valence-electron chi connectivity index (χ0n) is 17.2. The van der Waals surface area contributed by atoms with Crippen molar-refractivity contribution in [2.45, 2.75) is 17.9 Å². The lowest BCUT2D eigenvalue weighted by atomic mass is 10.2. The van der Waals surface area contributed by atoms with Gasteiger partial charge in [-0.15, -0.1) is 0 Å². The first-order valence-electron chi connectivity index (χ1n) is 9.63. The van der Waals surface area contributed by atoms with Crippen LogP contribution in [0.2, 0.25) is 0 Å². The highest BCUT2D eigenvalue weighted by molar-refractivity contribution is 7.92. The van der Waals surface area contributed by atoms with E-state index in [9.17, 15) is 13.2 Å². The molecule has 0 heterocycles. The number of methoxy groups -OCH3 is 1. The van der Waals surface area contributed by atoms with Gasteiger partial charge in [-0.3, -0.25) is 9.52 Å². The van der Waals surface area contributed by atoms with Crippen LogP contribution in [0.3, 0.4) is 0 Å². The van der Waals surface area contributed by atoms with Crippen LogP contribution in [0.5, 0.6) is 11.5 Å². The topological polar surface area (TPSA) is 93.7 Å². The van der Waals surface area contributed by atoms with E-state index in [1.807, 2.05) is 0 Å². The van der Waals surface area contributed by atoms with Crippen molar-refractivity contribution in [3.8, 4) is 11.5 Å². The summed E-state index contributed by atoms with van der Waals surface area (Å²) < 4.78 is 38.5. The molecule has 0 saturated carbocycles. The van der Waals surface area contributed by atoms with E-state index in [-0.39, 0.29) is 29.0 Å². The molecule has 0 aliphatic rings. The van der Waals surface area contributed by atoms with Crippen molar-refractivity contribution in [3.05, 3.63) is 84.4 Å². The molecule has 31 heavy (non-hydrogen) atoms. The maximum absolute atomic E-state index is 12.6. The predicted octanol–water partition coefficient (Wildman–Crippen LogP) is 3.69. The molecule has 0 spiro atoms. The van der Waals surface area contributed by atoms with Crippen LogP contribution in [0.1, 0.15) is 17.3 Å². The van der Waals surface area contributed by atoms with Crippen molar-refractivity contribution < 1.29 is 22.7 Å². The van der Waals surface area contributed by atoms with Crippen LogP contribution in [-0.4, -0.2) is 34.1 Å². The lowest BCUT2D eigenvalue weighted by Crippen LogP contribution is -2.36. The minimum atomic E-state index is -3.81. The number of hydrogen-bond donors (Lipinski definition) is 2. The quantitative estimate of drug-likeness (QED) is 0.529. The fourth-order valence-corrected chi connectivity index (χ4v) is 3.87. The second-order valence-corrected chi connectivity index (χ2v) is 8.54. The van der Waals surface area contributed by atoms with Gasteiger partial charge in [-0.25, -0.2) is 8.42 Å². The summed E-state index contributed by atoms with van der Waals surface area (Å²) in [5.41, 5.74) is 0.689. The SMILES string of the molecule is COc1ccc(OC[C@@H](C)NC(=O)c2cccc(S(=O)(=O)Nc3ccccc3)c2)cc1. The van der Waals surface area contributed by atoms with E-state index in [0.717, 1.165) is 5.75 Å². The number of ether oxygens (including phenoxy) is 2. The van der Waals surface area contributed by atoms with E-state index >= 15 is 0 Å². The predicted molar refractivity (Wildman–Crippen MR) is 119 cm³/mol. The van der Waals surface area contributed by atoms with Gasteiger partial charge < -0.3 is 14.8 Å². The first-order valence-corrected chi connectivity index (χ1v) is 11.1. The molecule has 7 nitrogen and oxygen atoms in total. The summed E-state index contributed by atoms with van der Waals surface area (Å²) in [5.74, 6) is 0.995. The lowest BCUT2D eigenvalue weighted by molar-refractivity contribution is 0.0926. The summed E-state index contributed by atoms with van der Waals surface area (Å²) >= 11 is 0. The van der Waals surface area contributed by atoms with Gasteiger partial charge >= 0.3 is 0 Å². The maximum Gasteiger partial charge on any atom is 0.261 e. The Morgan fingerprint density at radius 1 is 0.935 bits per heavy atom. The fourth-order valence-electron chi connectivity index (χ4n) is 2.77. The normalized spacial score (nSPS) is 11.9. The van der Waals surface area contributed by atoms with Crippen LogP contribution in [0.4, 0.5) is 5.69 Å². The molecule has 0 radical (unpaired) electrons. The van der Waals surface area contributed by atoms with Gasteiger partial charge in [0.2, 0.25) is 0 Å². The number of amides is 1. The highest BCUT2D eigenvalue weighted by atomic mass is 32.2. The molecule has 0 fully saturated rings. The average Bonchev–Trinajstić information content (AvgIpc) is 2.78. The van der Waals surface area contributed by atoms with Crippen LogP contribution >= 0.6 is 0 Å². The molecule has 162 valence electrons. The Labute approximate surface area is 182 Å². The third-order valence-corrected chi connectivity index (χ3v) is 5.75. The van der Waals surface area contributed by atoms with Crippen molar-refractivity contribution in [2.24, 2.45) is 0 Å². The van der Waals surface area contributed by atoms with Crippen LogP contribution in [0.25, 0.3) is 0 Å². The Hall–Kier alpha value is -3.52. The molecule has 0 saturated heterocycles. The molecular formula is C23H24N2O5S. The number of benzene rings is 3. The zero-order valence-corrected chi connectivity index (χ0v) is 18.1. The molecule has 1 amide bonds. The number of carbonyl (C=O) groups is 1. The Morgan fingerprint density at radius 2 is 1.61 bits per heavy atom. The van der Waals surface area contributed by atoms with Gasteiger partial charge in [-0.2, -0.15) is 0 Å². The highest BCUT2D eigenvalue weighted by Gasteiger charge is 2.17. The molecule has 1 atom stereocenters. The lowest BCUT2D eigenvalue weighted by Gasteiger charge is -2.16. The largest absolute Gasteiger partial charge is 0.497 e. The molecule has 0 aliphatic heterocycles. The zero-order chi connectivity index (χ0) is 22.3. The van der Waals surface area contributed by atoms with E-state index < -0.39 is 10.0 Å². The highest BCUT2D eigenvalue weighted by Crippen LogP contribution is 2.18. The smallest absolute Gasteiger partial charge is 0.261 e. The van der Waals surface area contributed by atoms with E-state index in [1.54, 1.807) is 74.7 Å². The van der Waals surface area contributed by atoms with Gasteiger partial charge in [-0.1, -0.05) is 24.3 Å². The van der Waals surface area contributed by atoms with Gasteiger partial charge in [0.15, 0.2) is 0 Å². The summed E-state index contributed by atoms with van der Waals surface area (Å²) in [5, 5.41) is 2.81. The Balaban J connectivity index is 1.61. The number of carbonyl (C=O) groups excluding carboxylic acids is 1. The standard InChI is InChI=1S/C23H24N2O5S/c1-17(16-30-21-13-11-20(29-2)12-14-21)24-23(26)18-7-6-10-22(15-18)31(27,28)25-19-8-4-3-5-9-19/h3-15,17,25H,16H2,1-2H3,(H,24,26)/t17-/m1/s1. The van der Waals surface area contributed by atoms with E-state index in [2.05, 4.69) is 10.0 Å². The number of para-hydroxylation sites is 1. The Bertz CT molecular complexity index is 1120. The second-order valence-electron chi connectivity index (χ2n) is 6.86. The summed E-state index contributed by atoms with van der Waals surface area (Å²) in [7, 11) is -2.23. The molecule has 0 unspecified atom stereocenters. The number of sulfonamides is 1. The Kier molecular flexibility index (Phi) is 7.15. The molecule has 8 heteroatoms. The van der Waals surface area contributed by atoms with Crippen molar-refractivity contribution >= 4 is 21.6 Å². The van der Waals surface area contributed by atoms with Gasteiger partial charge in [0.25, 0.3) is 15.9 Å². The van der Waals surface area contributed by atoms with Crippen molar-refractivity contribution in [1.82, 2.24) is 5.32 Å². The summed E-state index contributed by atoms with van der Waals surface area (Å²) in [6.07, 6.45) is 0. The second kappa shape index (κ2) is 9.99. The van der Waals surface area contributed by atoms with Crippen LogP contribution in [0, 0.1) is 0 Å².